The van der Waals surface area contributed by atoms with E-state index in [2.05, 4.69) is 10.3 Å². The normalized spacial score (nSPS) is 23.4. The van der Waals surface area contributed by atoms with E-state index >= 15 is 0 Å². The summed E-state index contributed by atoms with van der Waals surface area (Å²) in [5.41, 5.74) is 1.93. The first-order chi connectivity index (χ1) is 17.3. The van der Waals surface area contributed by atoms with Crippen LogP contribution in [0.3, 0.4) is 0 Å². The fraction of sp³-hybridized carbons (Fsp3) is 0.417. The topological polar surface area (TPSA) is 127 Å². The molecule has 3 N–H and O–H groups in total. The zero-order chi connectivity index (χ0) is 27.5. The number of nitrogens with zero attached hydrogens (tertiary/aromatic N) is 2. The summed E-state index contributed by atoms with van der Waals surface area (Å²) in [6.45, 7) is 1.73. The van der Waals surface area contributed by atoms with Crippen LogP contribution in [0.4, 0.5) is 27.6 Å². The van der Waals surface area contributed by atoms with Crippen LogP contribution in [0.1, 0.15) is 48.7 Å². The molecule has 1 saturated heterocycles. The van der Waals surface area contributed by atoms with Crippen molar-refractivity contribution in [2.45, 2.75) is 50.5 Å². The van der Waals surface area contributed by atoms with Gasteiger partial charge in [-0.2, -0.15) is 22.8 Å². The molecule has 1 aliphatic rings. The highest BCUT2D eigenvalue weighted by molar-refractivity contribution is 5.97. The maximum absolute atomic E-state index is 14.8. The van der Waals surface area contributed by atoms with E-state index in [4.69, 9.17) is 20.5 Å². The van der Waals surface area contributed by atoms with E-state index in [1.807, 2.05) is 6.07 Å². The lowest BCUT2D eigenvalue weighted by atomic mass is 9.77. The molecule has 8 nitrogen and oxygen atoms in total. The first-order valence-corrected chi connectivity index (χ1v) is 11.1. The number of nitrogens with two attached hydrogens (primary N) is 1. The molecule has 198 valence electrons. The second kappa shape index (κ2) is 10.7. The van der Waals surface area contributed by atoms with E-state index in [-0.39, 0.29) is 36.4 Å². The van der Waals surface area contributed by atoms with Crippen LogP contribution in [0.2, 0.25) is 0 Å². The predicted molar refractivity (Wildman–Crippen MR) is 119 cm³/mol. The summed E-state index contributed by atoms with van der Waals surface area (Å²) >= 11 is 0. The first kappa shape index (κ1) is 27.8. The Kier molecular flexibility index (Phi) is 8.02. The summed E-state index contributed by atoms with van der Waals surface area (Å²) < 4.78 is 81.9. The first-order valence-electron chi connectivity index (χ1n) is 11.1. The summed E-state index contributed by atoms with van der Waals surface area (Å²) in [5, 5.41) is 11.1. The van der Waals surface area contributed by atoms with Gasteiger partial charge in [-0.1, -0.05) is 13.0 Å². The molecular formula is C24H23F5N4O4. The van der Waals surface area contributed by atoms with Crippen molar-refractivity contribution in [1.82, 2.24) is 4.98 Å². The largest absolute Gasteiger partial charge is 0.490 e. The number of aromatic nitrogens is 1. The molecule has 0 saturated carbocycles. The number of ether oxygens (including phenoxy) is 2. The Labute approximate surface area is 208 Å². The Hall–Kier alpha value is -3.79. The number of alkyl halides is 3. The number of benzene rings is 1. The Morgan fingerprint density at radius 1 is 1.30 bits per heavy atom. The second-order valence-electron chi connectivity index (χ2n) is 8.63. The van der Waals surface area contributed by atoms with Gasteiger partial charge < -0.3 is 20.5 Å². The van der Waals surface area contributed by atoms with Gasteiger partial charge in [-0.15, -0.1) is 0 Å². The van der Waals surface area contributed by atoms with Gasteiger partial charge in [0.1, 0.15) is 11.8 Å². The quantitative estimate of drug-likeness (QED) is 0.392. The number of amides is 2. The van der Waals surface area contributed by atoms with Crippen molar-refractivity contribution in [3.8, 4) is 11.8 Å². The molecule has 1 aliphatic heterocycles. The number of primary amides is 1. The van der Waals surface area contributed by atoms with E-state index in [9.17, 15) is 31.5 Å². The average Bonchev–Trinajstić information content (AvgIpc) is 3.11. The Morgan fingerprint density at radius 2 is 2.00 bits per heavy atom. The van der Waals surface area contributed by atoms with E-state index in [1.54, 1.807) is 0 Å². The smallest absolute Gasteiger partial charge is 0.417 e. The molecule has 37 heavy (non-hydrogen) atoms. The zero-order valence-corrected chi connectivity index (χ0v) is 19.7. The van der Waals surface area contributed by atoms with Crippen LogP contribution in [0.15, 0.2) is 30.5 Å². The number of nitrogens with one attached hydrogen (secondary N) is 1. The van der Waals surface area contributed by atoms with Gasteiger partial charge in [0.05, 0.1) is 12.7 Å². The Bertz CT molecular complexity index is 1230. The molecule has 2 aromatic rings. The van der Waals surface area contributed by atoms with Crippen LogP contribution in [0, 0.1) is 28.9 Å². The van der Waals surface area contributed by atoms with Crippen LogP contribution >= 0.6 is 0 Å². The van der Waals surface area contributed by atoms with E-state index < -0.39 is 58.9 Å². The molecule has 0 spiro atoms. The summed E-state index contributed by atoms with van der Waals surface area (Å²) in [4.78, 5) is 28.3. The lowest BCUT2D eigenvalue weighted by Crippen LogP contribution is -2.47. The monoisotopic (exact) mass is 526 g/mol. The van der Waals surface area contributed by atoms with Crippen molar-refractivity contribution < 1.29 is 41.0 Å². The minimum atomic E-state index is -4.93. The van der Waals surface area contributed by atoms with Gasteiger partial charge in [-0.3, -0.25) is 14.6 Å². The molecule has 3 rings (SSSR count). The van der Waals surface area contributed by atoms with Crippen molar-refractivity contribution in [2.75, 3.05) is 11.9 Å². The standard InChI is InChI=1S/C24H23F5N4O4/c1-12-17(14-5-6-15(25)18(26)19(14)36-10-4-3-8-30)20(37-23(12,2)24(27,28)29)22(35)33-13-7-9-32-16(11-13)21(31)34/h5-7,9,11-12,17,20H,3-4,10H2,1-2H3,(H2,31,34)(H,32,33,35)/t12-,17-,20+,23+/m0/s1. The maximum Gasteiger partial charge on any atom is 0.417 e. The molecule has 2 heterocycles. The van der Waals surface area contributed by atoms with Crippen molar-refractivity contribution in [3.05, 3.63) is 53.4 Å². The summed E-state index contributed by atoms with van der Waals surface area (Å²) in [7, 11) is 0. The number of rotatable bonds is 8. The minimum Gasteiger partial charge on any atom is -0.490 e. The van der Waals surface area contributed by atoms with Gasteiger partial charge in [-0.25, -0.2) is 4.39 Å². The number of halogens is 5. The summed E-state index contributed by atoms with van der Waals surface area (Å²) in [6.07, 6.45) is -5.39. The Balaban J connectivity index is 2.06. The van der Waals surface area contributed by atoms with Gasteiger partial charge in [0, 0.05) is 35.7 Å². The molecule has 2 amide bonds. The van der Waals surface area contributed by atoms with Crippen molar-refractivity contribution in [3.63, 3.8) is 0 Å². The molecule has 1 aromatic carbocycles. The molecule has 0 bridgehead atoms. The number of pyridine rings is 1. The molecule has 1 aromatic heterocycles. The third kappa shape index (κ3) is 5.48. The highest BCUT2D eigenvalue weighted by Crippen LogP contribution is 2.55. The van der Waals surface area contributed by atoms with Gasteiger partial charge >= 0.3 is 6.18 Å². The second-order valence-corrected chi connectivity index (χ2v) is 8.63. The molecule has 0 radical (unpaired) electrons. The molecule has 0 aliphatic carbocycles. The zero-order valence-electron chi connectivity index (χ0n) is 19.7. The predicted octanol–water partition coefficient (Wildman–Crippen LogP) is 4.22. The van der Waals surface area contributed by atoms with Crippen molar-refractivity contribution in [1.29, 1.82) is 5.26 Å². The van der Waals surface area contributed by atoms with E-state index in [0.29, 0.717) is 0 Å². The van der Waals surface area contributed by atoms with Crippen LogP contribution in [-0.2, 0) is 9.53 Å². The van der Waals surface area contributed by atoms with Crippen LogP contribution in [0.5, 0.6) is 5.75 Å². The fourth-order valence-corrected chi connectivity index (χ4v) is 4.16. The SMILES string of the molecule is C[C@H]1[C@@H](c2ccc(F)c(F)c2OCCCC#N)[C@H](C(=O)Nc2ccnc(C(N)=O)c2)O[C@@]1(C)C(F)(F)F. The summed E-state index contributed by atoms with van der Waals surface area (Å²) in [5.74, 6) is -8.22. The molecule has 4 atom stereocenters. The minimum absolute atomic E-state index is 0.00248. The fourth-order valence-electron chi connectivity index (χ4n) is 4.16. The van der Waals surface area contributed by atoms with Crippen LogP contribution < -0.4 is 15.8 Å². The molecule has 0 unspecified atom stereocenters. The number of hydrogen-bond donors (Lipinski definition) is 2. The highest BCUT2D eigenvalue weighted by atomic mass is 19.4. The van der Waals surface area contributed by atoms with E-state index in [1.165, 1.54) is 13.0 Å². The molecule has 1 fully saturated rings. The highest BCUT2D eigenvalue weighted by Gasteiger charge is 2.66. The van der Waals surface area contributed by atoms with Gasteiger partial charge in [-0.05, 0) is 31.5 Å². The lowest BCUT2D eigenvalue weighted by molar-refractivity contribution is -0.272. The Morgan fingerprint density at radius 3 is 2.62 bits per heavy atom. The number of unbranched alkanes of at least 4 members (excludes halogenated alkanes) is 1. The number of nitriles is 1. The molecular weight excluding hydrogens is 503 g/mol. The van der Waals surface area contributed by atoms with Crippen molar-refractivity contribution in [2.24, 2.45) is 11.7 Å². The third-order valence-electron chi connectivity index (χ3n) is 6.33. The number of hydrogen-bond acceptors (Lipinski definition) is 6. The molecule has 13 heteroatoms. The van der Waals surface area contributed by atoms with Gasteiger partial charge in [0.15, 0.2) is 17.2 Å². The maximum atomic E-state index is 14.8. The number of anilines is 1. The number of carbonyl (C=O) groups is 2. The average molecular weight is 526 g/mol. The summed E-state index contributed by atoms with van der Waals surface area (Å²) in [6, 6.07) is 6.03. The van der Waals surface area contributed by atoms with E-state index in [0.717, 1.165) is 31.3 Å². The van der Waals surface area contributed by atoms with Crippen molar-refractivity contribution >= 4 is 17.5 Å². The van der Waals surface area contributed by atoms with Crippen LogP contribution in [-0.4, -0.2) is 41.3 Å². The lowest BCUT2D eigenvalue weighted by Gasteiger charge is -2.32. The number of carbonyl (C=O) groups excluding carboxylic acids is 2. The van der Waals surface area contributed by atoms with Gasteiger partial charge in [0.2, 0.25) is 5.82 Å². The third-order valence-corrected chi connectivity index (χ3v) is 6.33. The van der Waals surface area contributed by atoms with Gasteiger partial charge in [0.25, 0.3) is 11.8 Å². The van der Waals surface area contributed by atoms with Crippen LogP contribution in [0.25, 0.3) is 0 Å².